The lowest BCUT2D eigenvalue weighted by Gasteiger charge is -2.25. The molecule has 0 aromatic heterocycles. The number of hydrogen-bond acceptors (Lipinski definition) is 6. The summed E-state index contributed by atoms with van der Waals surface area (Å²) in [6.45, 7) is 1.09. The zero-order valence-corrected chi connectivity index (χ0v) is 20.1. The summed E-state index contributed by atoms with van der Waals surface area (Å²) in [5.74, 6) is 0.0224. The molecule has 0 aliphatic carbocycles. The lowest BCUT2D eigenvalue weighted by atomic mass is 10.2. The van der Waals surface area contributed by atoms with E-state index < -0.39 is 26.0 Å². The Balaban J connectivity index is 1.44. The van der Waals surface area contributed by atoms with Crippen molar-refractivity contribution in [1.29, 1.82) is 0 Å². The molecule has 3 rings (SSSR count). The number of sulfonamides is 2. The molecule has 0 radical (unpaired) electrons. The van der Waals surface area contributed by atoms with Gasteiger partial charge in [-0.2, -0.15) is 8.61 Å². The second-order valence-electron chi connectivity index (χ2n) is 7.71. The van der Waals surface area contributed by atoms with Gasteiger partial charge in [0.1, 0.15) is 12.4 Å². The molecule has 0 bridgehead atoms. The number of likely N-dealkylation sites (N-methyl/N-ethyl adjacent to an activating group) is 1. The molecule has 11 heteroatoms. The minimum absolute atomic E-state index is 0.120. The van der Waals surface area contributed by atoms with Crippen LogP contribution in [0, 0.1) is 0 Å². The Labute approximate surface area is 195 Å². The SMILES string of the molecule is CN(CC(=O)NCCOc1ccc(S(=O)(=O)N2CCCCC2)cc1)S(=O)(=O)c1ccccc1. The highest BCUT2D eigenvalue weighted by Gasteiger charge is 2.26. The number of amides is 1. The van der Waals surface area contributed by atoms with Crippen molar-refractivity contribution < 1.29 is 26.4 Å². The smallest absolute Gasteiger partial charge is 0.243 e. The van der Waals surface area contributed by atoms with E-state index in [1.54, 1.807) is 30.3 Å². The molecule has 1 aliphatic heterocycles. The Bertz CT molecular complexity index is 1130. The van der Waals surface area contributed by atoms with Crippen molar-refractivity contribution in [2.45, 2.75) is 29.1 Å². The van der Waals surface area contributed by atoms with Crippen LogP contribution in [0.25, 0.3) is 0 Å². The standard InChI is InChI=1S/C22H29N3O6S2/c1-24(32(27,28)20-8-4-2-5-9-20)18-22(26)23-14-17-31-19-10-12-21(13-11-19)33(29,30)25-15-6-3-7-16-25/h2,4-5,8-13H,3,6-7,14-18H2,1H3,(H,23,26). The third-order valence-corrected chi connectivity index (χ3v) is 9.02. The molecule has 33 heavy (non-hydrogen) atoms. The van der Waals surface area contributed by atoms with E-state index in [4.69, 9.17) is 4.74 Å². The first-order valence-electron chi connectivity index (χ1n) is 10.7. The molecular formula is C22H29N3O6S2. The molecule has 2 aromatic carbocycles. The molecule has 1 N–H and O–H groups in total. The number of piperidine rings is 1. The summed E-state index contributed by atoms with van der Waals surface area (Å²) in [5, 5.41) is 2.61. The Morgan fingerprint density at radius 1 is 0.939 bits per heavy atom. The van der Waals surface area contributed by atoms with Crippen LogP contribution in [0.2, 0.25) is 0 Å². The quantitative estimate of drug-likeness (QED) is 0.502. The van der Waals surface area contributed by atoms with E-state index in [1.807, 2.05) is 0 Å². The second kappa shape index (κ2) is 11.1. The molecule has 1 aliphatic rings. The average Bonchev–Trinajstić information content (AvgIpc) is 2.83. The molecule has 0 saturated carbocycles. The third kappa shape index (κ3) is 6.53. The molecular weight excluding hydrogens is 466 g/mol. The Morgan fingerprint density at radius 3 is 2.21 bits per heavy atom. The van der Waals surface area contributed by atoms with Gasteiger partial charge in [-0.3, -0.25) is 4.79 Å². The van der Waals surface area contributed by atoms with Crippen molar-refractivity contribution >= 4 is 26.0 Å². The van der Waals surface area contributed by atoms with Gasteiger partial charge in [0.25, 0.3) is 0 Å². The first kappa shape index (κ1) is 25.2. The van der Waals surface area contributed by atoms with E-state index in [2.05, 4.69) is 5.32 Å². The highest BCUT2D eigenvalue weighted by molar-refractivity contribution is 7.89. The topological polar surface area (TPSA) is 113 Å². The molecule has 0 spiro atoms. The van der Waals surface area contributed by atoms with Crippen LogP contribution in [0.1, 0.15) is 19.3 Å². The van der Waals surface area contributed by atoms with Crippen LogP contribution in [0.4, 0.5) is 0 Å². The maximum atomic E-state index is 12.7. The highest BCUT2D eigenvalue weighted by atomic mass is 32.2. The van der Waals surface area contributed by atoms with E-state index in [9.17, 15) is 21.6 Å². The van der Waals surface area contributed by atoms with Gasteiger partial charge in [0.15, 0.2) is 0 Å². The van der Waals surface area contributed by atoms with Crippen LogP contribution in [0.15, 0.2) is 64.4 Å². The second-order valence-corrected chi connectivity index (χ2v) is 11.7. The number of rotatable bonds is 10. The minimum Gasteiger partial charge on any atom is -0.492 e. The van der Waals surface area contributed by atoms with E-state index >= 15 is 0 Å². The molecule has 9 nitrogen and oxygen atoms in total. The van der Waals surface area contributed by atoms with Gasteiger partial charge in [0.2, 0.25) is 26.0 Å². The van der Waals surface area contributed by atoms with Crippen LogP contribution >= 0.6 is 0 Å². The largest absolute Gasteiger partial charge is 0.492 e. The van der Waals surface area contributed by atoms with Gasteiger partial charge in [-0.25, -0.2) is 16.8 Å². The van der Waals surface area contributed by atoms with Gasteiger partial charge in [0, 0.05) is 20.1 Å². The lowest BCUT2D eigenvalue weighted by molar-refractivity contribution is -0.121. The van der Waals surface area contributed by atoms with Crippen LogP contribution in [-0.2, 0) is 24.8 Å². The maximum Gasteiger partial charge on any atom is 0.243 e. The van der Waals surface area contributed by atoms with Crippen LogP contribution in [-0.4, -0.2) is 71.2 Å². The highest BCUT2D eigenvalue weighted by Crippen LogP contribution is 2.22. The summed E-state index contributed by atoms with van der Waals surface area (Å²) in [7, 11) is -5.89. The third-order valence-electron chi connectivity index (χ3n) is 5.29. The summed E-state index contributed by atoms with van der Waals surface area (Å²) in [6.07, 6.45) is 2.80. The maximum absolute atomic E-state index is 12.7. The average molecular weight is 496 g/mol. The predicted octanol–water partition coefficient (Wildman–Crippen LogP) is 1.68. The van der Waals surface area contributed by atoms with Crippen molar-refractivity contribution in [1.82, 2.24) is 13.9 Å². The molecule has 0 unspecified atom stereocenters. The number of benzene rings is 2. The Morgan fingerprint density at radius 2 is 1.58 bits per heavy atom. The first-order valence-corrected chi connectivity index (χ1v) is 13.6. The molecule has 0 atom stereocenters. The lowest BCUT2D eigenvalue weighted by Crippen LogP contribution is -2.39. The number of nitrogens with one attached hydrogen (secondary N) is 1. The van der Waals surface area contributed by atoms with Gasteiger partial charge in [-0.15, -0.1) is 0 Å². The van der Waals surface area contributed by atoms with Crippen molar-refractivity contribution in [3.63, 3.8) is 0 Å². The van der Waals surface area contributed by atoms with E-state index in [-0.39, 0.29) is 29.5 Å². The summed E-state index contributed by atoms with van der Waals surface area (Å²) in [4.78, 5) is 12.5. The first-order chi connectivity index (χ1) is 15.7. The fourth-order valence-electron chi connectivity index (χ4n) is 3.44. The molecule has 1 amide bonds. The number of hydrogen-bond donors (Lipinski definition) is 1. The van der Waals surface area contributed by atoms with E-state index in [0.29, 0.717) is 18.8 Å². The summed E-state index contributed by atoms with van der Waals surface area (Å²) >= 11 is 0. The number of nitrogens with zero attached hydrogens (tertiary/aromatic N) is 2. The fourth-order valence-corrected chi connectivity index (χ4v) is 6.10. The van der Waals surface area contributed by atoms with Gasteiger partial charge in [-0.1, -0.05) is 24.6 Å². The molecule has 1 heterocycles. The van der Waals surface area contributed by atoms with Crippen molar-refractivity contribution in [2.24, 2.45) is 0 Å². The van der Waals surface area contributed by atoms with Crippen LogP contribution < -0.4 is 10.1 Å². The fraction of sp³-hybridized carbons (Fsp3) is 0.409. The van der Waals surface area contributed by atoms with Crippen molar-refractivity contribution in [2.75, 3.05) is 39.8 Å². The Hall–Kier alpha value is -2.47. The summed E-state index contributed by atoms with van der Waals surface area (Å²) < 4.78 is 58.3. The van der Waals surface area contributed by atoms with Gasteiger partial charge in [0.05, 0.1) is 22.9 Å². The molecule has 180 valence electrons. The summed E-state index contributed by atoms with van der Waals surface area (Å²) in [6, 6.07) is 14.1. The van der Waals surface area contributed by atoms with Crippen LogP contribution in [0.5, 0.6) is 5.75 Å². The normalized spacial score (nSPS) is 15.3. The number of carbonyl (C=O) groups excluding carboxylic acids is 1. The van der Waals surface area contributed by atoms with Gasteiger partial charge >= 0.3 is 0 Å². The van der Waals surface area contributed by atoms with Crippen molar-refractivity contribution in [3.8, 4) is 5.75 Å². The number of ether oxygens (including phenoxy) is 1. The van der Waals surface area contributed by atoms with E-state index in [1.165, 1.54) is 35.6 Å². The number of carbonyl (C=O) groups is 1. The van der Waals surface area contributed by atoms with E-state index in [0.717, 1.165) is 23.6 Å². The predicted molar refractivity (Wildman–Crippen MR) is 124 cm³/mol. The molecule has 1 fully saturated rings. The molecule has 1 saturated heterocycles. The van der Waals surface area contributed by atoms with Gasteiger partial charge in [-0.05, 0) is 49.2 Å². The van der Waals surface area contributed by atoms with Gasteiger partial charge < -0.3 is 10.1 Å². The minimum atomic E-state index is -3.74. The monoisotopic (exact) mass is 495 g/mol. The molecule has 2 aromatic rings. The zero-order valence-electron chi connectivity index (χ0n) is 18.5. The Kier molecular flexibility index (Phi) is 8.46. The summed E-state index contributed by atoms with van der Waals surface area (Å²) in [5.41, 5.74) is 0. The van der Waals surface area contributed by atoms with Crippen LogP contribution in [0.3, 0.4) is 0 Å². The van der Waals surface area contributed by atoms with Crippen molar-refractivity contribution in [3.05, 3.63) is 54.6 Å². The zero-order chi connectivity index (χ0) is 23.9.